The molecule has 5 nitrogen and oxygen atoms in total. The first kappa shape index (κ1) is 17.7. The summed E-state index contributed by atoms with van der Waals surface area (Å²) in [6.07, 6.45) is 7.83. The number of hydrogen-bond donors (Lipinski definition) is 2. The van der Waals surface area contributed by atoms with Crippen molar-refractivity contribution in [2.24, 2.45) is 5.92 Å². The van der Waals surface area contributed by atoms with E-state index in [4.69, 9.17) is 9.47 Å². The zero-order valence-corrected chi connectivity index (χ0v) is 15.7. The second-order valence-electron chi connectivity index (χ2n) is 8.20. The van der Waals surface area contributed by atoms with Gasteiger partial charge in [0.1, 0.15) is 0 Å². The third-order valence-electron chi connectivity index (χ3n) is 6.39. The molecule has 1 aromatic carbocycles. The molecule has 0 radical (unpaired) electrons. The number of carbonyl (C=O) groups is 1. The molecule has 2 aliphatic heterocycles. The van der Waals surface area contributed by atoms with E-state index in [1.807, 2.05) is 6.07 Å². The second kappa shape index (κ2) is 7.47. The maximum Gasteiger partial charge on any atom is 0.231 e. The second-order valence-corrected chi connectivity index (χ2v) is 8.20. The third-order valence-corrected chi connectivity index (χ3v) is 6.39. The molecule has 26 heavy (non-hydrogen) atoms. The van der Waals surface area contributed by atoms with Crippen LogP contribution in [0.1, 0.15) is 57.4 Å². The van der Waals surface area contributed by atoms with Gasteiger partial charge in [-0.25, -0.2) is 0 Å². The molecule has 1 saturated heterocycles. The summed E-state index contributed by atoms with van der Waals surface area (Å²) in [6, 6.07) is 6.74. The molecular weight excluding hydrogens is 328 g/mol. The summed E-state index contributed by atoms with van der Waals surface area (Å²) in [4.78, 5) is 12.8. The van der Waals surface area contributed by atoms with Gasteiger partial charge in [0.25, 0.3) is 0 Å². The molecule has 0 unspecified atom stereocenters. The van der Waals surface area contributed by atoms with Gasteiger partial charge in [-0.1, -0.05) is 25.3 Å². The number of hydrogen-bond acceptors (Lipinski definition) is 4. The molecule has 1 saturated carbocycles. The molecule has 1 aliphatic carbocycles. The van der Waals surface area contributed by atoms with E-state index in [2.05, 4.69) is 29.7 Å². The summed E-state index contributed by atoms with van der Waals surface area (Å²) in [5.74, 6) is 2.03. The van der Waals surface area contributed by atoms with Crippen molar-refractivity contribution in [3.63, 3.8) is 0 Å². The maximum absolute atomic E-state index is 12.8. The van der Waals surface area contributed by atoms with Crippen molar-refractivity contribution in [3.8, 4) is 11.5 Å². The molecule has 0 bridgehead atoms. The molecule has 1 aromatic rings. The number of nitrogens with one attached hydrogen (secondary N) is 2. The van der Waals surface area contributed by atoms with Crippen LogP contribution in [0.5, 0.6) is 11.5 Å². The molecule has 3 aliphatic rings. The summed E-state index contributed by atoms with van der Waals surface area (Å²) in [5.41, 5.74) is 1.30. The predicted octanol–water partition coefficient (Wildman–Crippen LogP) is 3.12. The van der Waals surface area contributed by atoms with E-state index in [0.29, 0.717) is 12.8 Å². The fraction of sp³-hybridized carbons (Fsp3) is 0.667. The summed E-state index contributed by atoms with van der Waals surface area (Å²) < 4.78 is 11.1. The molecule has 2 N–H and O–H groups in total. The smallest absolute Gasteiger partial charge is 0.231 e. The van der Waals surface area contributed by atoms with E-state index in [-0.39, 0.29) is 17.2 Å². The van der Waals surface area contributed by atoms with Crippen LogP contribution in [0.3, 0.4) is 0 Å². The van der Waals surface area contributed by atoms with Gasteiger partial charge >= 0.3 is 0 Å². The van der Waals surface area contributed by atoms with Gasteiger partial charge in [0.2, 0.25) is 12.7 Å². The van der Waals surface area contributed by atoms with Crippen molar-refractivity contribution in [3.05, 3.63) is 23.8 Å². The number of rotatable bonds is 4. The Morgan fingerprint density at radius 2 is 2.04 bits per heavy atom. The lowest BCUT2D eigenvalue weighted by Crippen LogP contribution is -2.47. The first-order chi connectivity index (χ1) is 12.7. The van der Waals surface area contributed by atoms with Crippen molar-refractivity contribution in [1.82, 2.24) is 10.6 Å². The number of fused-ring (bicyclic) bond motifs is 1. The predicted molar refractivity (Wildman–Crippen MR) is 101 cm³/mol. The monoisotopic (exact) mass is 358 g/mol. The molecule has 142 valence electrons. The largest absolute Gasteiger partial charge is 0.454 e. The van der Waals surface area contributed by atoms with Crippen molar-refractivity contribution in [1.29, 1.82) is 0 Å². The number of carbonyl (C=O) groups excluding carboxylic acids is 1. The fourth-order valence-electron chi connectivity index (χ4n) is 4.79. The normalized spacial score (nSPS) is 27.1. The van der Waals surface area contributed by atoms with Crippen LogP contribution >= 0.6 is 0 Å². The Morgan fingerprint density at radius 3 is 2.85 bits per heavy atom. The van der Waals surface area contributed by atoms with Gasteiger partial charge in [-0.2, -0.15) is 0 Å². The average Bonchev–Trinajstić information content (AvgIpc) is 3.15. The van der Waals surface area contributed by atoms with Gasteiger partial charge in [-0.15, -0.1) is 0 Å². The summed E-state index contributed by atoms with van der Waals surface area (Å²) in [7, 11) is 0. The Labute approximate surface area is 155 Å². The van der Waals surface area contributed by atoms with E-state index >= 15 is 0 Å². The highest BCUT2D eigenvalue weighted by Gasteiger charge is 2.36. The number of ether oxygens (including phenoxy) is 2. The van der Waals surface area contributed by atoms with E-state index in [1.54, 1.807) is 0 Å². The molecule has 2 fully saturated rings. The van der Waals surface area contributed by atoms with Crippen LogP contribution < -0.4 is 20.1 Å². The van der Waals surface area contributed by atoms with Crippen molar-refractivity contribution >= 4 is 5.91 Å². The Balaban J connectivity index is 1.49. The number of piperidine rings is 1. The van der Waals surface area contributed by atoms with Crippen molar-refractivity contribution in [2.75, 3.05) is 19.9 Å². The van der Waals surface area contributed by atoms with Crippen LogP contribution in [0.4, 0.5) is 0 Å². The van der Waals surface area contributed by atoms with E-state index in [0.717, 1.165) is 50.3 Å². The highest BCUT2D eigenvalue weighted by Crippen LogP contribution is 2.43. The molecule has 0 spiro atoms. The molecule has 2 atom stereocenters. The summed E-state index contributed by atoms with van der Waals surface area (Å²) >= 11 is 0. The molecule has 1 amide bonds. The Kier molecular flexibility index (Phi) is 5.07. The van der Waals surface area contributed by atoms with Crippen molar-refractivity contribution < 1.29 is 14.3 Å². The van der Waals surface area contributed by atoms with Gasteiger partial charge in [0.15, 0.2) is 11.5 Å². The lowest BCUT2D eigenvalue weighted by atomic mass is 9.69. The molecule has 5 heteroatoms. The fourth-order valence-corrected chi connectivity index (χ4v) is 4.79. The van der Waals surface area contributed by atoms with Gasteiger partial charge < -0.3 is 20.1 Å². The summed E-state index contributed by atoms with van der Waals surface area (Å²) in [5, 5.41) is 6.73. The minimum Gasteiger partial charge on any atom is -0.454 e. The number of benzene rings is 1. The van der Waals surface area contributed by atoms with Gasteiger partial charge in [0.05, 0.1) is 0 Å². The molecule has 4 rings (SSSR count). The van der Waals surface area contributed by atoms with Crippen LogP contribution in [0, 0.1) is 5.92 Å². The quantitative estimate of drug-likeness (QED) is 0.868. The molecule has 0 aromatic heterocycles. The zero-order chi connectivity index (χ0) is 18.0. The first-order valence-electron chi connectivity index (χ1n) is 10.1. The van der Waals surface area contributed by atoms with E-state index < -0.39 is 0 Å². The minimum absolute atomic E-state index is 0.0213. The standard InChI is InChI=1S/C21H30N2O3/c1-15-11-16(7-10-22-15)20(24)23-13-21(8-3-2-4-9-21)17-5-6-18-19(12-17)26-14-25-18/h5-6,12,15-16,22H,2-4,7-11,13-14H2,1H3,(H,23,24)/t15-,16-/m0/s1. The topological polar surface area (TPSA) is 59.6 Å². The van der Waals surface area contributed by atoms with Crippen LogP contribution in [0.15, 0.2) is 18.2 Å². The minimum atomic E-state index is 0.0213. The van der Waals surface area contributed by atoms with Gasteiger partial charge in [-0.3, -0.25) is 4.79 Å². The highest BCUT2D eigenvalue weighted by molar-refractivity contribution is 5.79. The Morgan fingerprint density at radius 1 is 1.23 bits per heavy atom. The molecule has 2 heterocycles. The molecular formula is C21H30N2O3. The van der Waals surface area contributed by atoms with Crippen LogP contribution in [0.25, 0.3) is 0 Å². The van der Waals surface area contributed by atoms with Crippen LogP contribution in [0.2, 0.25) is 0 Å². The zero-order valence-electron chi connectivity index (χ0n) is 15.7. The third kappa shape index (κ3) is 3.54. The Bertz CT molecular complexity index is 655. The highest BCUT2D eigenvalue weighted by atomic mass is 16.7. The van der Waals surface area contributed by atoms with Gasteiger partial charge in [0, 0.05) is 23.9 Å². The Hall–Kier alpha value is -1.75. The maximum atomic E-state index is 12.8. The van der Waals surface area contributed by atoms with Gasteiger partial charge in [-0.05, 0) is 56.8 Å². The van der Waals surface area contributed by atoms with Crippen molar-refractivity contribution in [2.45, 2.75) is 63.3 Å². The van der Waals surface area contributed by atoms with E-state index in [1.165, 1.54) is 24.8 Å². The van der Waals surface area contributed by atoms with E-state index in [9.17, 15) is 4.79 Å². The number of amides is 1. The van der Waals surface area contributed by atoms with Crippen LogP contribution in [-0.2, 0) is 10.2 Å². The lowest BCUT2D eigenvalue weighted by molar-refractivity contribution is -0.126. The SMILES string of the molecule is C[C@H]1C[C@@H](C(=O)NCC2(c3ccc4c(c3)OCO4)CCCCC2)CCN1. The summed E-state index contributed by atoms with van der Waals surface area (Å²) in [6.45, 7) is 4.13. The average molecular weight is 358 g/mol. The first-order valence-corrected chi connectivity index (χ1v) is 10.1. The van der Waals surface area contributed by atoms with Crippen LogP contribution in [-0.4, -0.2) is 31.8 Å². The lowest BCUT2D eigenvalue weighted by Gasteiger charge is -2.39.